The van der Waals surface area contributed by atoms with E-state index in [2.05, 4.69) is 20.6 Å². The SMILES string of the molecule is CCNc1nc(C)c2c(n1)CNC2. The summed E-state index contributed by atoms with van der Waals surface area (Å²) < 4.78 is 0. The van der Waals surface area contributed by atoms with Crippen molar-refractivity contribution in [3.63, 3.8) is 0 Å². The summed E-state index contributed by atoms with van der Waals surface area (Å²) in [5.41, 5.74) is 3.50. The van der Waals surface area contributed by atoms with Gasteiger partial charge in [0.05, 0.1) is 5.69 Å². The van der Waals surface area contributed by atoms with Crippen molar-refractivity contribution in [3.05, 3.63) is 17.0 Å². The highest BCUT2D eigenvalue weighted by molar-refractivity contribution is 5.36. The Labute approximate surface area is 77.8 Å². The lowest BCUT2D eigenvalue weighted by Gasteiger charge is -2.06. The van der Waals surface area contributed by atoms with Gasteiger partial charge in [-0.2, -0.15) is 0 Å². The van der Waals surface area contributed by atoms with Crippen molar-refractivity contribution in [1.82, 2.24) is 15.3 Å². The van der Waals surface area contributed by atoms with E-state index in [0.717, 1.165) is 37.0 Å². The molecule has 0 radical (unpaired) electrons. The number of aryl methyl sites for hydroxylation is 1. The van der Waals surface area contributed by atoms with Crippen LogP contribution in [0.25, 0.3) is 0 Å². The van der Waals surface area contributed by atoms with Crippen molar-refractivity contribution in [1.29, 1.82) is 0 Å². The van der Waals surface area contributed by atoms with Gasteiger partial charge in [-0.15, -0.1) is 0 Å². The van der Waals surface area contributed by atoms with Crippen LogP contribution in [0.4, 0.5) is 5.95 Å². The monoisotopic (exact) mass is 178 g/mol. The minimum atomic E-state index is 0.752. The van der Waals surface area contributed by atoms with Gasteiger partial charge in [0.25, 0.3) is 0 Å². The van der Waals surface area contributed by atoms with Crippen LogP contribution in [0, 0.1) is 6.92 Å². The molecule has 0 spiro atoms. The van der Waals surface area contributed by atoms with Crippen LogP contribution < -0.4 is 10.6 Å². The molecule has 0 aliphatic carbocycles. The van der Waals surface area contributed by atoms with Gasteiger partial charge in [0.15, 0.2) is 0 Å². The summed E-state index contributed by atoms with van der Waals surface area (Å²) in [6.45, 7) is 6.73. The normalized spacial score (nSPS) is 14.3. The van der Waals surface area contributed by atoms with Gasteiger partial charge in [-0.05, 0) is 13.8 Å². The van der Waals surface area contributed by atoms with Crippen LogP contribution in [0.1, 0.15) is 23.9 Å². The number of aromatic nitrogens is 2. The molecule has 70 valence electrons. The molecule has 1 aromatic heterocycles. The standard InChI is InChI=1S/C9H14N4/c1-3-11-9-12-6(2)7-4-10-5-8(7)13-9/h10H,3-5H2,1-2H3,(H,11,12,13). The summed E-state index contributed by atoms with van der Waals surface area (Å²) in [5.74, 6) is 0.752. The Morgan fingerprint density at radius 3 is 3.00 bits per heavy atom. The van der Waals surface area contributed by atoms with E-state index >= 15 is 0 Å². The summed E-state index contributed by atoms with van der Waals surface area (Å²) in [6, 6.07) is 0. The molecule has 0 saturated carbocycles. The minimum absolute atomic E-state index is 0.752. The van der Waals surface area contributed by atoms with Gasteiger partial charge in [-0.1, -0.05) is 0 Å². The molecule has 0 saturated heterocycles. The summed E-state index contributed by atoms with van der Waals surface area (Å²) in [5, 5.41) is 6.40. The van der Waals surface area contributed by atoms with Crippen molar-refractivity contribution in [2.45, 2.75) is 26.9 Å². The van der Waals surface area contributed by atoms with Gasteiger partial charge < -0.3 is 10.6 Å². The molecule has 2 heterocycles. The minimum Gasteiger partial charge on any atom is -0.354 e. The molecule has 0 fully saturated rings. The second-order valence-electron chi connectivity index (χ2n) is 3.19. The molecule has 1 aromatic rings. The smallest absolute Gasteiger partial charge is 0.223 e. The average Bonchev–Trinajstić information content (AvgIpc) is 2.53. The first-order valence-electron chi connectivity index (χ1n) is 4.62. The van der Waals surface area contributed by atoms with Gasteiger partial charge >= 0.3 is 0 Å². The van der Waals surface area contributed by atoms with Crippen molar-refractivity contribution < 1.29 is 0 Å². The zero-order valence-electron chi connectivity index (χ0n) is 8.02. The summed E-state index contributed by atoms with van der Waals surface area (Å²) in [4.78, 5) is 8.79. The molecule has 13 heavy (non-hydrogen) atoms. The maximum absolute atomic E-state index is 4.42. The Balaban J connectivity index is 2.37. The van der Waals surface area contributed by atoms with Crippen LogP contribution in [0.5, 0.6) is 0 Å². The van der Waals surface area contributed by atoms with Gasteiger partial charge in [0, 0.05) is 30.9 Å². The molecule has 2 rings (SSSR count). The molecule has 0 bridgehead atoms. The number of fused-ring (bicyclic) bond motifs is 1. The maximum atomic E-state index is 4.42. The topological polar surface area (TPSA) is 49.8 Å². The Kier molecular flexibility index (Phi) is 2.14. The second kappa shape index (κ2) is 3.30. The number of nitrogens with one attached hydrogen (secondary N) is 2. The van der Waals surface area contributed by atoms with E-state index in [1.54, 1.807) is 0 Å². The molecule has 4 nitrogen and oxygen atoms in total. The molecule has 1 aliphatic heterocycles. The second-order valence-corrected chi connectivity index (χ2v) is 3.19. The highest BCUT2D eigenvalue weighted by atomic mass is 15.1. The lowest BCUT2D eigenvalue weighted by molar-refractivity contribution is 0.756. The van der Waals surface area contributed by atoms with Crippen LogP contribution >= 0.6 is 0 Å². The van der Waals surface area contributed by atoms with Gasteiger partial charge in [0.2, 0.25) is 5.95 Å². The molecule has 0 atom stereocenters. The fourth-order valence-corrected chi connectivity index (χ4v) is 1.57. The molecule has 0 amide bonds. The molecular formula is C9H14N4. The average molecular weight is 178 g/mol. The first kappa shape index (κ1) is 8.44. The van der Waals surface area contributed by atoms with Crippen molar-refractivity contribution in [2.24, 2.45) is 0 Å². The third-order valence-corrected chi connectivity index (χ3v) is 2.23. The molecule has 2 N–H and O–H groups in total. The zero-order chi connectivity index (χ0) is 9.26. The van der Waals surface area contributed by atoms with Gasteiger partial charge in [-0.3, -0.25) is 0 Å². The van der Waals surface area contributed by atoms with E-state index in [-0.39, 0.29) is 0 Å². The lowest BCUT2D eigenvalue weighted by Crippen LogP contribution is -2.06. The lowest BCUT2D eigenvalue weighted by atomic mass is 10.2. The van der Waals surface area contributed by atoms with Gasteiger partial charge in [0.1, 0.15) is 0 Å². The molecule has 0 aromatic carbocycles. The summed E-state index contributed by atoms with van der Waals surface area (Å²) >= 11 is 0. The van der Waals surface area contributed by atoms with E-state index in [9.17, 15) is 0 Å². The Morgan fingerprint density at radius 2 is 2.23 bits per heavy atom. The van der Waals surface area contributed by atoms with Crippen LogP contribution in [-0.2, 0) is 13.1 Å². The fourth-order valence-electron chi connectivity index (χ4n) is 1.57. The number of hydrogen-bond acceptors (Lipinski definition) is 4. The van der Waals surface area contributed by atoms with E-state index in [1.807, 2.05) is 13.8 Å². The van der Waals surface area contributed by atoms with E-state index < -0.39 is 0 Å². The third kappa shape index (κ3) is 1.49. The Bertz CT molecular complexity index is 322. The van der Waals surface area contributed by atoms with Crippen LogP contribution in [-0.4, -0.2) is 16.5 Å². The predicted octanol–water partition coefficient (Wildman–Crippen LogP) is 0.820. The highest BCUT2D eigenvalue weighted by Gasteiger charge is 2.15. The van der Waals surface area contributed by atoms with Crippen molar-refractivity contribution >= 4 is 5.95 Å². The highest BCUT2D eigenvalue weighted by Crippen LogP contribution is 2.17. The summed E-state index contributed by atoms with van der Waals surface area (Å²) in [6.07, 6.45) is 0. The van der Waals surface area contributed by atoms with Crippen molar-refractivity contribution in [3.8, 4) is 0 Å². The molecule has 0 unspecified atom stereocenters. The predicted molar refractivity (Wildman–Crippen MR) is 51.5 cm³/mol. The van der Waals surface area contributed by atoms with Crippen LogP contribution in [0.15, 0.2) is 0 Å². The van der Waals surface area contributed by atoms with Gasteiger partial charge in [-0.25, -0.2) is 9.97 Å². The maximum Gasteiger partial charge on any atom is 0.223 e. The Morgan fingerprint density at radius 1 is 1.38 bits per heavy atom. The number of nitrogens with zero attached hydrogens (tertiary/aromatic N) is 2. The van der Waals surface area contributed by atoms with E-state index in [4.69, 9.17) is 0 Å². The molecular weight excluding hydrogens is 164 g/mol. The van der Waals surface area contributed by atoms with Crippen LogP contribution in [0.2, 0.25) is 0 Å². The molecule has 1 aliphatic rings. The van der Waals surface area contributed by atoms with Crippen LogP contribution in [0.3, 0.4) is 0 Å². The van der Waals surface area contributed by atoms with E-state index in [0.29, 0.717) is 0 Å². The number of anilines is 1. The third-order valence-electron chi connectivity index (χ3n) is 2.23. The number of hydrogen-bond donors (Lipinski definition) is 2. The molecule has 4 heteroatoms. The summed E-state index contributed by atoms with van der Waals surface area (Å²) in [7, 11) is 0. The fraction of sp³-hybridized carbons (Fsp3) is 0.556. The number of rotatable bonds is 2. The van der Waals surface area contributed by atoms with E-state index in [1.165, 1.54) is 5.56 Å². The first-order chi connectivity index (χ1) is 6.31. The first-order valence-corrected chi connectivity index (χ1v) is 4.62. The largest absolute Gasteiger partial charge is 0.354 e. The quantitative estimate of drug-likeness (QED) is 0.704. The van der Waals surface area contributed by atoms with Crippen molar-refractivity contribution in [2.75, 3.05) is 11.9 Å². The Hall–Kier alpha value is -1.16. The zero-order valence-corrected chi connectivity index (χ0v) is 8.02.